The van der Waals surface area contributed by atoms with Crippen LogP contribution in [0.3, 0.4) is 0 Å². The predicted octanol–water partition coefficient (Wildman–Crippen LogP) is 12.1. The number of nitrogens with one attached hydrogen (secondary N) is 1. The highest BCUT2D eigenvalue weighted by atomic mass is 16.2. The van der Waals surface area contributed by atoms with E-state index in [4.69, 9.17) is 0 Å². The van der Waals surface area contributed by atoms with E-state index in [1.165, 1.54) is 47.9 Å². The van der Waals surface area contributed by atoms with E-state index in [-0.39, 0.29) is 17.6 Å². The van der Waals surface area contributed by atoms with Crippen molar-refractivity contribution in [3.05, 3.63) is 64.2 Å². The molecule has 0 radical (unpaired) electrons. The molecule has 3 nitrogen and oxygen atoms in total. The Morgan fingerprint density at radius 2 is 1.45 bits per heavy atom. The molecule has 42 heavy (non-hydrogen) atoms. The van der Waals surface area contributed by atoms with Crippen molar-refractivity contribution >= 4 is 17.4 Å². The molecule has 1 atom stereocenters. The molecule has 0 spiro atoms. The summed E-state index contributed by atoms with van der Waals surface area (Å²) in [5, 5.41) is 3.18. The van der Waals surface area contributed by atoms with Gasteiger partial charge in [0.05, 0.1) is 0 Å². The van der Waals surface area contributed by atoms with Crippen molar-refractivity contribution < 1.29 is 9.59 Å². The van der Waals surface area contributed by atoms with E-state index in [1.54, 1.807) is 6.92 Å². The van der Waals surface area contributed by atoms with Crippen molar-refractivity contribution in [2.75, 3.05) is 5.32 Å². The molecule has 1 N–H and O–H groups in total. The number of aryl methyl sites for hydroxylation is 2. The Morgan fingerprint density at radius 1 is 0.857 bits per heavy atom. The molecule has 240 valence electrons. The lowest BCUT2D eigenvalue weighted by molar-refractivity contribution is -0.121. The molecule has 1 aliphatic rings. The van der Waals surface area contributed by atoms with Gasteiger partial charge in [0.25, 0.3) is 0 Å². The second-order valence-corrected chi connectivity index (χ2v) is 10.6. The van der Waals surface area contributed by atoms with Gasteiger partial charge in [-0.05, 0) is 105 Å². The summed E-state index contributed by atoms with van der Waals surface area (Å²) in [4.78, 5) is 23.8. The Kier molecular flexibility index (Phi) is 24.9. The van der Waals surface area contributed by atoms with Crippen LogP contribution in [-0.2, 0) is 17.6 Å². The molecule has 0 bridgehead atoms. The second kappa shape index (κ2) is 25.1. The van der Waals surface area contributed by atoms with Gasteiger partial charge < -0.3 is 5.32 Å². The zero-order valence-corrected chi connectivity index (χ0v) is 29.9. The van der Waals surface area contributed by atoms with E-state index in [1.807, 2.05) is 66.7 Å². The summed E-state index contributed by atoms with van der Waals surface area (Å²) >= 11 is 0. The van der Waals surface area contributed by atoms with Gasteiger partial charge in [0.1, 0.15) is 0 Å². The standard InChI is InChI=1S/C22H35NO.C11H14O.3C2H6/c1-5-8-17-9-11-19(12-10-17)22(24)23-20-13-14-21(16(4)6-2)18(7-3)15-20;1-4-10-8(2)6-5-7-11(10)9(3)12;3*1-2/h13-17,19H,5-12H2,1-4H3,(H,23,24);5-7H,4H2,1-3H3;3*1-2H3. The van der Waals surface area contributed by atoms with Gasteiger partial charge in [-0.1, -0.05) is 113 Å². The maximum atomic E-state index is 12.6. The molecule has 1 fully saturated rings. The Labute approximate surface area is 261 Å². The van der Waals surface area contributed by atoms with Crippen molar-refractivity contribution in [2.24, 2.45) is 11.8 Å². The van der Waals surface area contributed by atoms with Gasteiger partial charge in [0.15, 0.2) is 5.78 Å². The highest BCUT2D eigenvalue weighted by Gasteiger charge is 2.26. The number of hydrogen-bond acceptors (Lipinski definition) is 2. The van der Waals surface area contributed by atoms with Gasteiger partial charge in [-0.15, -0.1) is 0 Å². The molecular formula is C39H67NO2. The topological polar surface area (TPSA) is 46.2 Å². The molecule has 2 aromatic rings. The van der Waals surface area contributed by atoms with E-state index < -0.39 is 0 Å². The molecule has 3 rings (SSSR count). The maximum Gasteiger partial charge on any atom is 0.227 e. The summed E-state index contributed by atoms with van der Waals surface area (Å²) in [5.41, 5.74) is 7.04. The van der Waals surface area contributed by atoms with Crippen molar-refractivity contribution in [3.63, 3.8) is 0 Å². The van der Waals surface area contributed by atoms with E-state index >= 15 is 0 Å². The van der Waals surface area contributed by atoms with Gasteiger partial charge in [-0.25, -0.2) is 0 Å². The molecule has 1 saturated carbocycles. The minimum atomic E-state index is 0.163. The average molecular weight is 582 g/mol. The van der Waals surface area contributed by atoms with Crippen LogP contribution in [0.2, 0.25) is 0 Å². The zero-order valence-electron chi connectivity index (χ0n) is 29.9. The third kappa shape index (κ3) is 14.2. The van der Waals surface area contributed by atoms with Crippen molar-refractivity contribution in [1.82, 2.24) is 0 Å². The third-order valence-electron chi connectivity index (χ3n) is 7.99. The lowest BCUT2D eigenvalue weighted by atomic mass is 9.79. The van der Waals surface area contributed by atoms with Gasteiger partial charge in [-0.2, -0.15) is 0 Å². The summed E-state index contributed by atoms with van der Waals surface area (Å²) in [6.45, 7) is 26.7. The van der Waals surface area contributed by atoms with Gasteiger partial charge in [0, 0.05) is 17.2 Å². The highest BCUT2D eigenvalue weighted by molar-refractivity contribution is 5.95. The fraction of sp³-hybridized carbons (Fsp3) is 0.641. The Hall–Kier alpha value is -2.42. The fourth-order valence-electron chi connectivity index (χ4n) is 5.56. The van der Waals surface area contributed by atoms with Gasteiger partial charge in [-0.3, -0.25) is 9.59 Å². The number of amides is 1. The van der Waals surface area contributed by atoms with Crippen LogP contribution in [0, 0.1) is 18.8 Å². The van der Waals surface area contributed by atoms with Crippen LogP contribution in [0.4, 0.5) is 5.69 Å². The van der Waals surface area contributed by atoms with Crippen molar-refractivity contribution in [3.8, 4) is 0 Å². The van der Waals surface area contributed by atoms with Crippen LogP contribution in [-0.4, -0.2) is 11.7 Å². The van der Waals surface area contributed by atoms with E-state index in [9.17, 15) is 9.59 Å². The summed E-state index contributed by atoms with van der Waals surface area (Å²) in [5.74, 6) is 2.02. The summed E-state index contributed by atoms with van der Waals surface area (Å²) < 4.78 is 0. The van der Waals surface area contributed by atoms with Crippen molar-refractivity contribution in [2.45, 2.75) is 154 Å². The van der Waals surface area contributed by atoms with E-state index in [0.29, 0.717) is 5.92 Å². The summed E-state index contributed by atoms with van der Waals surface area (Å²) in [6, 6.07) is 12.4. The monoisotopic (exact) mass is 582 g/mol. The molecular weight excluding hydrogens is 514 g/mol. The SMILES string of the molecule is CC.CC.CC.CCCC1CCC(C(=O)Nc2ccc(C(C)CC)c(CC)c2)CC1.CCc1c(C)cccc1C(C)=O. The van der Waals surface area contributed by atoms with Crippen LogP contribution in [0.25, 0.3) is 0 Å². The lowest BCUT2D eigenvalue weighted by Crippen LogP contribution is -2.27. The number of Topliss-reactive ketones (excluding diaryl/α,β-unsaturated/α-hetero) is 1. The zero-order chi connectivity index (χ0) is 32.7. The molecule has 1 unspecified atom stereocenters. The number of carbonyl (C=O) groups excluding carboxylic acids is 2. The average Bonchev–Trinajstić information content (AvgIpc) is 3.04. The molecule has 0 aromatic heterocycles. The molecule has 0 aliphatic heterocycles. The number of carbonyl (C=O) groups is 2. The van der Waals surface area contributed by atoms with Crippen LogP contribution in [0.15, 0.2) is 36.4 Å². The summed E-state index contributed by atoms with van der Waals surface area (Å²) in [7, 11) is 0. The lowest BCUT2D eigenvalue weighted by Gasteiger charge is -2.27. The number of anilines is 1. The predicted molar refractivity (Wildman–Crippen MR) is 188 cm³/mol. The van der Waals surface area contributed by atoms with Gasteiger partial charge >= 0.3 is 0 Å². The number of ketones is 1. The molecule has 3 heteroatoms. The number of benzene rings is 2. The largest absolute Gasteiger partial charge is 0.326 e. The molecule has 0 heterocycles. The first-order chi connectivity index (χ1) is 20.2. The van der Waals surface area contributed by atoms with Crippen LogP contribution in [0.5, 0.6) is 0 Å². The second-order valence-electron chi connectivity index (χ2n) is 10.6. The van der Waals surface area contributed by atoms with E-state index in [2.05, 4.69) is 58.1 Å². The molecule has 1 amide bonds. The number of hydrogen-bond donors (Lipinski definition) is 1. The first-order valence-corrected chi connectivity index (χ1v) is 17.3. The number of rotatable bonds is 9. The smallest absolute Gasteiger partial charge is 0.227 e. The quantitative estimate of drug-likeness (QED) is 0.299. The highest BCUT2D eigenvalue weighted by Crippen LogP contribution is 2.33. The minimum Gasteiger partial charge on any atom is -0.326 e. The molecule has 2 aromatic carbocycles. The van der Waals surface area contributed by atoms with Crippen LogP contribution in [0.1, 0.15) is 167 Å². The van der Waals surface area contributed by atoms with Crippen LogP contribution < -0.4 is 5.32 Å². The maximum absolute atomic E-state index is 12.6. The summed E-state index contributed by atoms with van der Waals surface area (Å²) in [6.07, 6.45) is 10.3. The Balaban J connectivity index is 0. The van der Waals surface area contributed by atoms with Crippen LogP contribution >= 0.6 is 0 Å². The van der Waals surface area contributed by atoms with Gasteiger partial charge in [0.2, 0.25) is 5.91 Å². The minimum absolute atomic E-state index is 0.163. The first kappa shape index (κ1) is 41.7. The normalized spacial score (nSPS) is 15.9. The first-order valence-electron chi connectivity index (χ1n) is 17.3. The molecule has 0 saturated heterocycles. The fourth-order valence-corrected chi connectivity index (χ4v) is 5.56. The Bertz CT molecular complexity index is 986. The molecule has 1 aliphatic carbocycles. The van der Waals surface area contributed by atoms with Crippen molar-refractivity contribution in [1.29, 1.82) is 0 Å². The Morgan fingerprint density at radius 3 is 1.90 bits per heavy atom. The van der Waals surface area contributed by atoms with E-state index in [0.717, 1.165) is 49.3 Å². The third-order valence-corrected chi connectivity index (χ3v) is 7.99.